The monoisotopic (exact) mass is 380 g/mol. The van der Waals surface area contributed by atoms with Crippen LogP contribution in [-0.4, -0.2) is 13.2 Å². The van der Waals surface area contributed by atoms with Gasteiger partial charge in [0.15, 0.2) is 0 Å². The van der Waals surface area contributed by atoms with Crippen molar-refractivity contribution in [1.82, 2.24) is 0 Å². The average Bonchev–Trinajstić information content (AvgIpc) is 2.70. The fourth-order valence-electron chi connectivity index (χ4n) is 3.01. The molecule has 0 saturated heterocycles. The minimum absolute atomic E-state index is 0.199. The van der Waals surface area contributed by atoms with Gasteiger partial charge in [-0.1, -0.05) is 60.7 Å². The van der Waals surface area contributed by atoms with E-state index in [4.69, 9.17) is 9.47 Å². The van der Waals surface area contributed by atoms with Gasteiger partial charge in [0, 0.05) is 10.9 Å². The van der Waals surface area contributed by atoms with Crippen LogP contribution in [0.5, 0.6) is 11.5 Å². The molecule has 0 unspecified atom stereocenters. The fraction of sp³-hybridized carbons (Fsp3) is 0.167. The fourth-order valence-corrected chi connectivity index (χ4v) is 3.01. The molecule has 0 atom stereocenters. The van der Waals surface area contributed by atoms with Crippen molar-refractivity contribution in [2.75, 3.05) is 6.61 Å². The molecule has 0 heterocycles. The Morgan fingerprint density at radius 2 is 1.64 bits per heavy atom. The summed E-state index contributed by atoms with van der Waals surface area (Å²) < 4.78 is 36.2. The zero-order valence-electron chi connectivity index (χ0n) is 15.9. The van der Waals surface area contributed by atoms with Crippen LogP contribution in [0.15, 0.2) is 72.8 Å². The Morgan fingerprint density at radius 1 is 0.893 bits per heavy atom. The third kappa shape index (κ3) is 4.58. The summed E-state index contributed by atoms with van der Waals surface area (Å²) in [6, 6.07) is 17.2. The summed E-state index contributed by atoms with van der Waals surface area (Å²) in [7, 11) is 0. The van der Waals surface area contributed by atoms with E-state index in [0.29, 0.717) is 17.6 Å². The summed E-state index contributed by atoms with van der Waals surface area (Å²) in [5.41, 5.74) is 2.65. The van der Waals surface area contributed by atoms with E-state index in [1.54, 1.807) is 18.2 Å². The smallest absolute Gasteiger partial charge is 0.387 e. The van der Waals surface area contributed by atoms with Gasteiger partial charge in [0.2, 0.25) is 0 Å². The van der Waals surface area contributed by atoms with Gasteiger partial charge in [-0.3, -0.25) is 0 Å². The van der Waals surface area contributed by atoms with Crippen LogP contribution < -0.4 is 9.47 Å². The number of benzene rings is 3. The van der Waals surface area contributed by atoms with E-state index in [2.05, 4.69) is 0 Å². The topological polar surface area (TPSA) is 18.5 Å². The van der Waals surface area contributed by atoms with Crippen LogP contribution in [0.25, 0.3) is 28.0 Å². The van der Waals surface area contributed by atoms with Crippen LogP contribution in [0, 0.1) is 0 Å². The van der Waals surface area contributed by atoms with Crippen molar-refractivity contribution < 1.29 is 18.3 Å². The van der Waals surface area contributed by atoms with Gasteiger partial charge in [-0.2, -0.15) is 8.78 Å². The second kappa shape index (κ2) is 9.18. The summed E-state index contributed by atoms with van der Waals surface area (Å²) >= 11 is 0. The molecule has 3 aromatic rings. The average molecular weight is 380 g/mol. The van der Waals surface area contributed by atoms with Gasteiger partial charge >= 0.3 is 6.61 Å². The van der Waals surface area contributed by atoms with Crippen LogP contribution in [0.1, 0.15) is 19.4 Å². The molecule has 0 N–H and O–H groups in total. The lowest BCUT2D eigenvalue weighted by atomic mass is 9.99. The molecule has 0 bridgehead atoms. The summed E-state index contributed by atoms with van der Waals surface area (Å²) in [5.74, 6) is 0.996. The van der Waals surface area contributed by atoms with E-state index in [0.717, 1.165) is 22.3 Å². The molecule has 3 aromatic carbocycles. The molecule has 2 nitrogen and oxygen atoms in total. The summed E-state index contributed by atoms with van der Waals surface area (Å²) in [5, 5.41) is 1.50. The zero-order valence-corrected chi connectivity index (χ0v) is 15.9. The maximum atomic E-state index is 12.9. The molecule has 0 saturated carbocycles. The number of allylic oxidation sites excluding steroid dienone is 2. The lowest BCUT2D eigenvalue weighted by molar-refractivity contribution is -0.0489. The maximum absolute atomic E-state index is 12.9. The number of ether oxygens (including phenoxy) is 2. The lowest BCUT2D eigenvalue weighted by Crippen LogP contribution is -2.04. The number of rotatable bonds is 7. The highest BCUT2D eigenvalue weighted by Gasteiger charge is 2.13. The van der Waals surface area contributed by atoms with E-state index < -0.39 is 6.61 Å². The molecule has 0 radical (unpaired) electrons. The van der Waals surface area contributed by atoms with Gasteiger partial charge in [0.05, 0.1) is 0 Å². The van der Waals surface area contributed by atoms with Crippen LogP contribution in [-0.2, 0) is 0 Å². The van der Waals surface area contributed by atoms with Gasteiger partial charge < -0.3 is 9.47 Å². The lowest BCUT2D eigenvalue weighted by Gasteiger charge is -2.13. The van der Waals surface area contributed by atoms with Crippen LogP contribution >= 0.6 is 0 Å². The van der Waals surface area contributed by atoms with Gasteiger partial charge in [-0.25, -0.2) is 0 Å². The molecule has 0 fully saturated rings. The zero-order chi connectivity index (χ0) is 19.9. The summed E-state index contributed by atoms with van der Waals surface area (Å²) in [6.45, 7) is 1.45. The Labute approximate surface area is 163 Å². The van der Waals surface area contributed by atoms with E-state index in [9.17, 15) is 8.78 Å². The van der Waals surface area contributed by atoms with Gasteiger partial charge in [-0.15, -0.1) is 0 Å². The van der Waals surface area contributed by atoms with Crippen molar-refractivity contribution in [2.45, 2.75) is 20.5 Å². The second-order valence-corrected chi connectivity index (χ2v) is 6.20. The van der Waals surface area contributed by atoms with Crippen LogP contribution in [0.2, 0.25) is 0 Å². The minimum atomic E-state index is -2.87. The first-order valence-corrected chi connectivity index (χ1v) is 9.11. The molecule has 28 heavy (non-hydrogen) atoms. The minimum Gasteiger partial charge on any atom is -0.490 e. The van der Waals surface area contributed by atoms with Crippen molar-refractivity contribution in [3.63, 3.8) is 0 Å². The highest BCUT2D eigenvalue weighted by atomic mass is 19.3. The molecule has 0 aliphatic carbocycles. The molecular formula is C24H22F2O2. The third-order valence-electron chi connectivity index (χ3n) is 4.32. The van der Waals surface area contributed by atoms with Crippen LogP contribution in [0.3, 0.4) is 0 Å². The number of fused-ring (bicyclic) bond motifs is 1. The molecular weight excluding hydrogens is 358 g/mol. The van der Waals surface area contributed by atoms with E-state index >= 15 is 0 Å². The van der Waals surface area contributed by atoms with Gasteiger partial charge in [-0.05, 0) is 48.6 Å². The Kier molecular flexibility index (Phi) is 6.43. The standard InChI is InChI=1S/C24H22F2O2/c1-3-5-15-27-21-12-9-17(10-13-21)19-11-14-22-20(16-19)8-7-18(6-4-2)23(22)28-24(25)26/h3-14,16,24H,15H2,1-2H3/b5-3?,6-4+. The number of hydrogen-bond donors (Lipinski definition) is 0. The number of halogens is 2. The van der Waals surface area contributed by atoms with E-state index in [-0.39, 0.29) is 5.75 Å². The first-order chi connectivity index (χ1) is 13.6. The first-order valence-electron chi connectivity index (χ1n) is 9.11. The molecule has 0 spiro atoms. The van der Waals surface area contributed by atoms with Crippen molar-refractivity contribution in [3.05, 3.63) is 78.4 Å². The second-order valence-electron chi connectivity index (χ2n) is 6.20. The van der Waals surface area contributed by atoms with Crippen molar-refractivity contribution in [1.29, 1.82) is 0 Å². The number of hydrogen-bond acceptors (Lipinski definition) is 2. The van der Waals surface area contributed by atoms with E-state index in [1.807, 2.05) is 74.5 Å². The predicted octanol–water partition coefficient (Wildman–Crippen LogP) is 7.10. The Bertz CT molecular complexity index is 989. The SMILES string of the molecule is CC=CCOc1ccc(-c2ccc3c(OC(F)F)c(/C=C/C)ccc3c2)cc1. The Morgan fingerprint density at radius 3 is 2.32 bits per heavy atom. The highest BCUT2D eigenvalue weighted by Crippen LogP contribution is 2.35. The molecule has 4 heteroatoms. The Hall–Kier alpha value is -3.14. The predicted molar refractivity (Wildman–Crippen MR) is 111 cm³/mol. The normalized spacial score (nSPS) is 11.8. The molecule has 144 valence electrons. The largest absolute Gasteiger partial charge is 0.490 e. The molecule has 3 rings (SSSR count). The molecule has 0 aliphatic rings. The highest BCUT2D eigenvalue weighted by molar-refractivity contribution is 5.94. The third-order valence-corrected chi connectivity index (χ3v) is 4.32. The van der Waals surface area contributed by atoms with Gasteiger partial charge in [0.1, 0.15) is 18.1 Å². The summed E-state index contributed by atoms with van der Waals surface area (Å²) in [6.07, 6.45) is 7.45. The van der Waals surface area contributed by atoms with Crippen molar-refractivity contribution in [2.24, 2.45) is 0 Å². The quantitative estimate of drug-likeness (QED) is 0.407. The van der Waals surface area contributed by atoms with Gasteiger partial charge in [0.25, 0.3) is 0 Å². The molecule has 0 aromatic heterocycles. The van der Waals surface area contributed by atoms with Crippen molar-refractivity contribution in [3.8, 4) is 22.6 Å². The first kappa shape index (κ1) is 19.6. The maximum Gasteiger partial charge on any atom is 0.387 e. The van der Waals surface area contributed by atoms with E-state index in [1.165, 1.54) is 0 Å². The Balaban J connectivity index is 1.95. The van der Waals surface area contributed by atoms with Crippen molar-refractivity contribution >= 4 is 16.8 Å². The molecule has 0 aliphatic heterocycles. The summed E-state index contributed by atoms with van der Waals surface area (Å²) in [4.78, 5) is 0. The number of alkyl halides is 2. The molecule has 0 amide bonds. The van der Waals surface area contributed by atoms with Crippen LogP contribution in [0.4, 0.5) is 8.78 Å².